The van der Waals surface area contributed by atoms with Crippen molar-refractivity contribution in [1.82, 2.24) is 10.3 Å². The third-order valence-corrected chi connectivity index (χ3v) is 3.65. The Kier molecular flexibility index (Phi) is 4.17. The van der Waals surface area contributed by atoms with Gasteiger partial charge in [0.1, 0.15) is 11.4 Å². The standard InChI is InChI=1S/C14H21FN2O/c1-3-18-13-7-12(9-17-10-13)14(2,15)11-5-4-6-16-8-11/h7,9-11,16H,3-6,8H2,1-2H3. The van der Waals surface area contributed by atoms with Crippen molar-refractivity contribution in [2.75, 3.05) is 19.7 Å². The van der Waals surface area contributed by atoms with Gasteiger partial charge in [0.2, 0.25) is 0 Å². The first-order valence-corrected chi connectivity index (χ1v) is 6.62. The molecule has 2 atom stereocenters. The van der Waals surface area contributed by atoms with E-state index in [9.17, 15) is 4.39 Å². The Morgan fingerprint density at radius 1 is 1.56 bits per heavy atom. The van der Waals surface area contributed by atoms with Gasteiger partial charge in [-0.1, -0.05) is 0 Å². The second kappa shape index (κ2) is 5.65. The van der Waals surface area contributed by atoms with Gasteiger partial charge in [0.05, 0.1) is 12.8 Å². The highest BCUT2D eigenvalue weighted by atomic mass is 19.1. The van der Waals surface area contributed by atoms with Crippen molar-refractivity contribution in [1.29, 1.82) is 0 Å². The van der Waals surface area contributed by atoms with E-state index in [-0.39, 0.29) is 5.92 Å². The Hall–Kier alpha value is -1.16. The number of hydrogen-bond acceptors (Lipinski definition) is 3. The Morgan fingerprint density at radius 2 is 2.39 bits per heavy atom. The summed E-state index contributed by atoms with van der Waals surface area (Å²) in [5.74, 6) is 0.646. The molecule has 100 valence electrons. The van der Waals surface area contributed by atoms with Crippen LogP contribution in [0.3, 0.4) is 0 Å². The van der Waals surface area contributed by atoms with Crippen LogP contribution in [0.1, 0.15) is 32.3 Å². The lowest BCUT2D eigenvalue weighted by Crippen LogP contribution is -2.40. The van der Waals surface area contributed by atoms with Crippen LogP contribution < -0.4 is 10.1 Å². The zero-order valence-corrected chi connectivity index (χ0v) is 11.1. The van der Waals surface area contributed by atoms with Crippen LogP contribution in [0, 0.1) is 5.92 Å². The molecule has 18 heavy (non-hydrogen) atoms. The van der Waals surface area contributed by atoms with Crippen molar-refractivity contribution in [3.05, 3.63) is 24.0 Å². The topological polar surface area (TPSA) is 34.1 Å². The summed E-state index contributed by atoms with van der Waals surface area (Å²) in [5.41, 5.74) is -0.741. The Labute approximate surface area is 108 Å². The highest BCUT2D eigenvalue weighted by Gasteiger charge is 2.37. The number of aromatic nitrogens is 1. The van der Waals surface area contributed by atoms with Crippen molar-refractivity contribution < 1.29 is 9.13 Å². The number of alkyl halides is 1. The smallest absolute Gasteiger partial charge is 0.138 e. The first-order chi connectivity index (χ1) is 8.64. The third-order valence-electron chi connectivity index (χ3n) is 3.65. The van der Waals surface area contributed by atoms with Crippen LogP contribution in [0.5, 0.6) is 5.75 Å². The van der Waals surface area contributed by atoms with Crippen LogP contribution in [0.4, 0.5) is 4.39 Å². The van der Waals surface area contributed by atoms with E-state index < -0.39 is 5.67 Å². The summed E-state index contributed by atoms with van der Waals surface area (Å²) in [6, 6.07) is 1.77. The predicted octanol–water partition coefficient (Wildman–Crippen LogP) is 2.66. The molecule has 3 nitrogen and oxygen atoms in total. The number of nitrogens with one attached hydrogen (secondary N) is 1. The number of ether oxygens (including phenoxy) is 1. The van der Waals surface area contributed by atoms with Crippen molar-refractivity contribution in [3.8, 4) is 5.75 Å². The molecule has 1 aromatic heterocycles. The van der Waals surface area contributed by atoms with Gasteiger partial charge in [-0.3, -0.25) is 4.98 Å². The molecule has 0 amide bonds. The zero-order valence-electron chi connectivity index (χ0n) is 11.1. The number of piperidine rings is 1. The SMILES string of the molecule is CCOc1cncc(C(C)(F)C2CCCNC2)c1. The normalized spacial score (nSPS) is 23.4. The van der Waals surface area contributed by atoms with Crippen molar-refractivity contribution in [3.63, 3.8) is 0 Å². The molecule has 1 fully saturated rings. The maximum absolute atomic E-state index is 15.0. The van der Waals surface area contributed by atoms with Crippen molar-refractivity contribution in [2.24, 2.45) is 5.92 Å². The van der Waals surface area contributed by atoms with E-state index >= 15 is 0 Å². The van der Waals surface area contributed by atoms with E-state index in [1.807, 2.05) is 6.92 Å². The fraction of sp³-hybridized carbons (Fsp3) is 0.643. The highest BCUT2D eigenvalue weighted by molar-refractivity contribution is 5.28. The van der Waals surface area contributed by atoms with Gasteiger partial charge >= 0.3 is 0 Å². The summed E-state index contributed by atoms with van der Waals surface area (Å²) >= 11 is 0. The zero-order chi connectivity index (χ0) is 13.0. The second-order valence-electron chi connectivity index (χ2n) is 4.96. The van der Waals surface area contributed by atoms with Gasteiger partial charge in [-0.05, 0) is 39.3 Å². The largest absolute Gasteiger partial charge is 0.492 e. The molecule has 1 saturated heterocycles. The first-order valence-electron chi connectivity index (χ1n) is 6.62. The number of nitrogens with zero attached hydrogens (tertiary/aromatic N) is 1. The van der Waals surface area contributed by atoms with E-state index in [2.05, 4.69) is 10.3 Å². The quantitative estimate of drug-likeness (QED) is 0.894. The molecule has 4 heteroatoms. The molecular weight excluding hydrogens is 231 g/mol. The summed E-state index contributed by atoms with van der Waals surface area (Å²) in [6.45, 7) is 5.85. The van der Waals surface area contributed by atoms with Crippen LogP contribution in [0.15, 0.2) is 18.5 Å². The lowest BCUT2D eigenvalue weighted by molar-refractivity contribution is 0.0805. The molecule has 2 heterocycles. The third kappa shape index (κ3) is 2.80. The highest BCUT2D eigenvalue weighted by Crippen LogP contribution is 2.37. The molecule has 1 aromatic rings. The summed E-state index contributed by atoms with van der Waals surface area (Å²) in [6.07, 6.45) is 5.18. The van der Waals surface area contributed by atoms with Crippen molar-refractivity contribution >= 4 is 0 Å². The van der Waals surface area contributed by atoms with Crippen molar-refractivity contribution in [2.45, 2.75) is 32.4 Å². The molecule has 2 unspecified atom stereocenters. The minimum Gasteiger partial charge on any atom is -0.492 e. The summed E-state index contributed by atoms with van der Waals surface area (Å²) in [5, 5.41) is 3.26. The first kappa shape index (κ1) is 13.3. The lowest BCUT2D eigenvalue weighted by atomic mass is 9.81. The molecular formula is C14H21FN2O. The van der Waals surface area contributed by atoms with E-state index in [0.717, 1.165) is 25.9 Å². The van der Waals surface area contributed by atoms with Gasteiger partial charge in [-0.25, -0.2) is 4.39 Å². The molecule has 2 rings (SSSR count). The lowest BCUT2D eigenvalue weighted by Gasteiger charge is -2.34. The molecule has 0 aromatic carbocycles. The molecule has 0 spiro atoms. The molecule has 0 radical (unpaired) electrons. The minimum absolute atomic E-state index is 0.00456. The number of hydrogen-bond donors (Lipinski definition) is 1. The Morgan fingerprint density at radius 3 is 3.06 bits per heavy atom. The average Bonchev–Trinajstić information content (AvgIpc) is 2.40. The second-order valence-corrected chi connectivity index (χ2v) is 4.96. The minimum atomic E-state index is -1.35. The molecule has 1 aliphatic heterocycles. The van der Waals surface area contributed by atoms with Gasteiger partial charge < -0.3 is 10.1 Å². The van der Waals surface area contributed by atoms with E-state index in [0.29, 0.717) is 17.9 Å². The fourth-order valence-electron chi connectivity index (χ4n) is 2.48. The molecule has 0 aliphatic carbocycles. The van der Waals surface area contributed by atoms with Gasteiger partial charge in [-0.15, -0.1) is 0 Å². The molecule has 0 saturated carbocycles. The summed E-state index contributed by atoms with van der Waals surface area (Å²) in [4.78, 5) is 4.08. The maximum Gasteiger partial charge on any atom is 0.138 e. The molecule has 1 aliphatic rings. The average molecular weight is 252 g/mol. The number of pyridine rings is 1. The number of rotatable bonds is 4. The van der Waals surface area contributed by atoms with E-state index in [4.69, 9.17) is 4.74 Å². The van der Waals surface area contributed by atoms with Gasteiger partial charge in [0, 0.05) is 24.2 Å². The maximum atomic E-state index is 15.0. The number of halogens is 1. The van der Waals surface area contributed by atoms with Gasteiger partial charge in [0.25, 0.3) is 0 Å². The van der Waals surface area contributed by atoms with E-state index in [1.165, 1.54) is 0 Å². The fourth-order valence-corrected chi connectivity index (χ4v) is 2.48. The van der Waals surface area contributed by atoms with Gasteiger partial charge in [-0.2, -0.15) is 0 Å². The van der Waals surface area contributed by atoms with Crippen LogP contribution in [-0.2, 0) is 5.67 Å². The monoisotopic (exact) mass is 252 g/mol. The summed E-state index contributed by atoms with van der Waals surface area (Å²) in [7, 11) is 0. The van der Waals surface area contributed by atoms with Crippen LogP contribution in [0.25, 0.3) is 0 Å². The molecule has 0 bridgehead atoms. The molecule has 1 N–H and O–H groups in total. The van der Waals surface area contributed by atoms with E-state index in [1.54, 1.807) is 25.4 Å². The Balaban J connectivity index is 2.19. The van der Waals surface area contributed by atoms with Crippen LogP contribution in [0.2, 0.25) is 0 Å². The van der Waals surface area contributed by atoms with Gasteiger partial charge in [0.15, 0.2) is 0 Å². The van der Waals surface area contributed by atoms with Crippen LogP contribution in [-0.4, -0.2) is 24.7 Å². The summed E-state index contributed by atoms with van der Waals surface area (Å²) < 4.78 is 20.4. The Bertz CT molecular complexity index is 389. The van der Waals surface area contributed by atoms with Crippen LogP contribution >= 0.6 is 0 Å². The predicted molar refractivity (Wildman–Crippen MR) is 69.5 cm³/mol.